The van der Waals surface area contributed by atoms with Crippen LogP contribution in [0.4, 0.5) is 4.79 Å². The molecule has 4 aromatic carbocycles. The normalized spacial score (nSPS) is 14.1. The number of nitrogens with one attached hydrogen (secondary N) is 3. The van der Waals surface area contributed by atoms with E-state index in [1.54, 1.807) is 13.2 Å². The Morgan fingerprint density at radius 2 is 1.41 bits per heavy atom. The molecule has 1 heterocycles. The summed E-state index contributed by atoms with van der Waals surface area (Å²) in [7, 11) is 1.61. The highest BCUT2D eigenvalue weighted by atomic mass is 16.5. The molecule has 51 heavy (non-hydrogen) atoms. The van der Waals surface area contributed by atoms with Crippen molar-refractivity contribution in [3.8, 4) is 5.75 Å². The Kier molecular flexibility index (Phi) is 11.8. The van der Waals surface area contributed by atoms with Crippen molar-refractivity contribution >= 4 is 17.9 Å². The summed E-state index contributed by atoms with van der Waals surface area (Å²) in [6, 6.07) is 34.6. The van der Waals surface area contributed by atoms with Crippen molar-refractivity contribution in [2.45, 2.75) is 57.0 Å². The lowest BCUT2D eigenvalue weighted by Crippen LogP contribution is -2.56. The standard InChI is InChI=1S/C41H43N5O5/c1-46(40(48)36(24-34-25-42-28-43-34)44-41(49)51-27-31-13-7-3-8-14-31)37(39(47)45-38(33-19-20-33)32-15-9-4-10-16-32)23-29-17-21-35(22-18-29)50-26-30-11-5-2-6-12-30/h2-18,21-22,25,28,33,36-38H,19-20,23-24,26-27H2,1H3,(H,42,43)(H,44,49)(H,45,47)/t36-,37-,38?/m0/s1. The second-order valence-electron chi connectivity index (χ2n) is 12.9. The predicted molar refractivity (Wildman–Crippen MR) is 193 cm³/mol. The molecular weight excluding hydrogens is 642 g/mol. The van der Waals surface area contributed by atoms with Gasteiger partial charge in [-0.15, -0.1) is 0 Å². The minimum absolute atomic E-state index is 0.0472. The lowest BCUT2D eigenvalue weighted by Gasteiger charge is -2.32. The predicted octanol–water partition coefficient (Wildman–Crippen LogP) is 6.16. The molecule has 3 atom stereocenters. The van der Waals surface area contributed by atoms with Crippen molar-refractivity contribution in [2.24, 2.45) is 5.92 Å². The number of imidazole rings is 1. The van der Waals surface area contributed by atoms with Crippen LogP contribution in [0.15, 0.2) is 128 Å². The van der Waals surface area contributed by atoms with Gasteiger partial charge in [0.15, 0.2) is 0 Å². The lowest BCUT2D eigenvalue weighted by molar-refractivity contribution is -0.140. The monoisotopic (exact) mass is 685 g/mol. The quantitative estimate of drug-likeness (QED) is 0.114. The van der Waals surface area contributed by atoms with Crippen LogP contribution in [-0.4, -0.2) is 51.9 Å². The minimum Gasteiger partial charge on any atom is -0.489 e. The van der Waals surface area contributed by atoms with Gasteiger partial charge in [0.1, 0.15) is 31.0 Å². The molecule has 3 amide bonds. The number of carbonyl (C=O) groups excluding carboxylic acids is 3. The topological polar surface area (TPSA) is 126 Å². The van der Waals surface area contributed by atoms with Crippen molar-refractivity contribution in [1.29, 1.82) is 0 Å². The maximum Gasteiger partial charge on any atom is 0.408 e. The number of aromatic amines is 1. The Balaban J connectivity index is 1.21. The first kappa shape index (κ1) is 34.9. The summed E-state index contributed by atoms with van der Waals surface area (Å²) < 4.78 is 11.5. The van der Waals surface area contributed by atoms with E-state index in [0.29, 0.717) is 24.0 Å². The van der Waals surface area contributed by atoms with Gasteiger partial charge < -0.3 is 30.0 Å². The van der Waals surface area contributed by atoms with Crippen LogP contribution in [0.3, 0.4) is 0 Å². The molecule has 1 fully saturated rings. The average molecular weight is 686 g/mol. The van der Waals surface area contributed by atoms with E-state index < -0.39 is 24.1 Å². The van der Waals surface area contributed by atoms with Gasteiger partial charge in [-0.25, -0.2) is 9.78 Å². The number of amides is 3. The molecule has 10 heteroatoms. The molecule has 0 aliphatic heterocycles. The summed E-state index contributed by atoms with van der Waals surface area (Å²) in [6.07, 6.45) is 4.78. The van der Waals surface area contributed by atoms with E-state index >= 15 is 0 Å². The molecule has 1 aliphatic carbocycles. The van der Waals surface area contributed by atoms with Crippen LogP contribution >= 0.6 is 0 Å². The van der Waals surface area contributed by atoms with Crippen LogP contribution in [0.2, 0.25) is 0 Å². The summed E-state index contributed by atoms with van der Waals surface area (Å²) in [4.78, 5) is 50.1. The number of likely N-dealkylation sites (N-methyl/N-ethyl adjacent to an activating group) is 1. The second-order valence-corrected chi connectivity index (χ2v) is 12.9. The molecule has 1 unspecified atom stereocenters. The summed E-state index contributed by atoms with van der Waals surface area (Å²) in [5.74, 6) is 0.312. The third kappa shape index (κ3) is 10.1. The molecule has 6 rings (SSSR count). The maximum absolute atomic E-state index is 14.3. The first-order valence-corrected chi connectivity index (χ1v) is 17.2. The van der Waals surface area contributed by atoms with Crippen LogP contribution < -0.4 is 15.4 Å². The fourth-order valence-electron chi connectivity index (χ4n) is 6.03. The molecule has 10 nitrogen and oxygen atoms in total. The highest BCUT2D eigenvalue weighted by Gasteiger charge is 2.38. The lowest BCUT2D eigenvalue weighted by atomic mass is 9.99. The van der Waals surface area contributed by atoms with Gasteiger partial charge in [0, 0.05) is 31.8 Å². The molecule has 0 saturated heterocycles. The number of H-pyrrole nitrogens is 1. The number of hydrogen-bond donors (Lipinski definition) is 3. The highest BCUT2D eigenvalue weighted by Crippen LogP contribution is 2.41. The molecule has 5 aromatic rings. The first-order valence-electron chi connectivity index (χ1n) is 17.2. The molecule has 0 spiro atoms. The molecule has 262 valence electrons. The smallest absolute Gasteiger partial charge is 0.408 e. The van der Waals surface area contributed by atoms with Crippen molar-refractivity contribution < 1.29 is 23.9 Å². The maximum atomic E-state index is 14.3. The Labute approximate surface area is 298 Å². The minimum atomic E-state index is -1.03. The van der Waals surface area contributed by atoms with Crippen LogP contribution in [0.5, 0.6) is 5.75 Å². The number of nitrogens with zero attached hydrogens (tertiary/aromatic N) is 2. The summed E-state index contributed by atoms with van der Waals surface area (Å²) in [5, 5.41) is 6.02. The number of carbonyl (C=O) groups is 3. The van der Waals surface area contributed by atoms with E-state index in [4.69, 9.17) is 9.47 Å². The van der Waals surface area contributed by atoms with Crippen LogP contribution in [-0.2, 0) is 40.4 Å². The Morgan fingerprint density at radius 1 is 0.784 bits per heavy atom. The van der Waals surface area contributed by atoms with Gasteiger partial charge in [-0.1, -0.05) is 103 Å². The molecular formula is C41H43N5O5. The van der Waals surface area contributed by atoms with Gasteiger partial charge in [-0.2, -0.15) is 0 Å². The van der Waals surface area contributed by atoms with Gasteiger partial charge in [-0.05, 0) is 53.1 Å². The summed E-state index contributed by atoms with van der Waals surface area (Å²) in [5.41, 5.74) is 4.41. The van der Waals surface area contributed by atoms with E-state index in [1.165, 1.54) is 11.2 Å². The molecule has 3 N–H and O–H groups in total. The second kappa shape index (κ2) is 17.2. The largest absolute Gasteiger partial charge is 0.489 e. The number of rotatable bonds is 16. The number of hydrogen-bond acceptors (Lipinski definition) is 6. The highest BCUT2D eigenvalue weighted by molar-refractivity contribution is 5.91. The number of ether oxygens (including phenoxy) is 2. The zero-order valence-corrected chi connectivity index (χ0v) is 28.6. The van der Waals surface area contributed by atoms with Crippen LogP contribution in [0, 0.1) is 5.92 Å². The molecule has 1 saturated carbocycles. The van der Waals surface area contributed by atoms with Crippen molar-refractivity contribution in [1.82, 2.24) is 25.5 Å². The van der Waals surface area contributed by atoms with Crippen LogP contribution in [0.1, 0.15) is 46.8 Å². The molecule has 0 radical (unpaired) electrons. The zero-order valence-electron chi connectivity index (χ0n) is 28.6. The van der Waals surface area contributed by atoms with E-state index in [9.17, 15) is 14.4 Å². The molecule has 1 aromatic heterocycles. The van der Waals surface area contributed by atoms with Crippen molar-refractivity contribution in [3.63, 3.8) is 0 Å². The van der Waals surface area contributed by atoms with Gasteiger partial charge in [0.05, 0.1) is 12.4 Å². The fraction of sp³-hybridized carbons (Fsp3) is 0.268. The SMILES string of the molecule is CN(C(=O)[C@H](Cc1cnc[nH]1)NC(=O)OCc1ccccc1)[C@@H](Cc1ccc(OCc2ccccc2)cc1)C(=O)NC(c1ccccc1)C1CC1. The van der Waals surface area contributed by atoms with E-state index in [2.05, 4.69) is 20.6 Å². The number of benzene rings is 4. The van der Waals surface area contributed by atoms with E-state index in [0.717, 1.165) is 35.1 Å². The van der Waals surface area contributed by atoms with Gasteiger partial charge in [0.25, 0.3) is 0 Å². The number of alkyl carbamates (subject to hydrolysis) is 1. The number of aromatic nitrogens is 2. The van der Waals surface area contributed by atoms with Gasteiger partial charge in [-0.3, -0.25) is 9.59 Å². The van der Waals surface area contributed by atoms with Crippen LogP contribution in [0.25, 0.3) is 0 Å². The van der Waals surface area contributed by atoms with Crippen molar-refractivity contribution in [3.05, 3.63) is 156 Å². The van der Waals surface area contributed by atoms with Crippen molar-refractivity contribution in [2.75, 3.05) is 7.05 Å². The Hall–Kier alpha value is -5.90. The van der Waals surface area contributed by atoms with E-state index in [1.807, 2.05) is 115 Å². The Bertz CT molecular complexity index is 1830. The third-order valence-corrected chi connectivity index (χ3v) is 9.05. The van der Waals surface area contributed by atoms with Gasteiger partial charge >= 0.3 is 6.09 Å². The third-order valence-electron chi connectivity index (χ3n) is 9.05. The zero-order chi connectivity index (χ0) is 35.4. The summed E-state index contributed by atoms with van der Waals surface area (Å²) in [6.45, 7) is 0.481. The molecule has 0 bridgehead atoms. The summed E-state index contributed by atoms with van der Waals surface area (Å²) >= 11 is 0. The van der Waals surface area contributed by atoms with E-state index in [-0.39, 0.29) is 31.4 Å². The molecule has 1 aliphatic rings. The van der Waals surface area contributed by atoms with Gasteiger partial charge in [0.2, 0.25) is 11.8 Å². The average Bonchev–Trinajstić information content (AvgIpc) is 3.89. The Morgan fingerprint density at radius 3 is 2.02 bits per heavy atom. The fourth-order valence-corrected chi connectivity index (χ4v) is 6.03. The first-order chi connectivity index (χ1) is 24.9.